The van der Waals surface area contributed by atoms with Crippen LogP contribution in [0.5, 0.6) is 11.5 Å². The fraction of sp³-hybridized carbons (Fsp3) is 0.333. The molecule has 3 N–H and O–H groups in total. The lowest BCUT2D eigenvalue weighted by atomic mass is 9.95. The van der Waals surface area contributed by atoms with Gasteiger partial charge in [-0.15, -0.1) is 10.2 Å². The molecule has 0 bridgehead atoms. The zero-order valence-corrected chi connectivity index (χ0v) is 20.8. The monoisotopic (exact) mass is 500 g/mol. The number of methoxy groups -OCH3 is 2. The molecular formula is C24H28N4O6S. The number of aromatic nitrogens is 3. The van der Waals surface area contributed by atoms with E-state index in [4.69, 9.17) is 18.4 Å². The molecule has 0 radical (unpaired) electrons. The molecule has 0 spiro atoms. The Morgan fingerprint density at radius 3 is 2.49 bits per heavy atom. The fourth-order valence-corrected chi connectivity index (χ4v) is 4.41. The van der Waals surface area contributed by atoms with Crippen molar-refractivity contribution in [3.05, 3.63) is 47.9 Å². The summed E-state index contributed by atoms with van der Waals surface area (Å²) < 4.78 is 47.1. The normalized spacial score (nSPS) is 11.9. The molecule has 0 aliphatic rings. The van der Waals surface area contributed by atoms with E-state index in [2.05, 4.69) is 34.3 Å². The molecule has 2 heterocycles. The van der Waals surface area contributed by atoms with E-state index in [1.165, 1.54) is 0 Å². The summed E-state index contributed by atoms with van der Waals surface area (Å²) in [5, 5.41) is 12.1. The summed E-state index contributed by atoms with van der Waals surface area (Å²) in [5.74, 6) is 1.84. The highest BCUT2D eigenvalue weighted by Crippen LogP contribution is 2.40. The third-order valence-electron chi connectivity index (χ3n) is 5.62. The van der Waals surface area contributed by atoms with Gasteiger partial charge in [0, 0.05) is 28.6 Å². The van der Waals surface area contributed by atoms with Crippen molar-refractivity contribution < 1.29 is 26.9 Å². The number of hydrogen-bond donors (Lipinski definition) is 3. The third-order valence-corrected chi connectivity index (χ3v) is 6.34. The first kappa shape index (κ1) is 24.7. The number of fused-ring (bicyclic) bond motifs is 1. The highest BCUT2D eigenvalue weighted by Gasteiger charge is 2.19. The summed E-state index contributed by atoms with van der Waals surface area (Å²) in [4.78, 5) is 3.54. The molecule has 0 aliphatic carbocycles. The molecule has 4 aromatic rings. The van der Waals surface area contributed by atoms with Crippen molar-refractivity contribution in [1.82, 2.24) is 20.5 Å². The van der Waals surface area contributed by atoms with Crippen molar-refractivity contribution in [3.63, 3.8) is 0 Å². The predicted molar refractivity (Wildman–Crippen MR) is 132 cm³/mol. The van der Waals surface area contributed by atoms with Gasteiger partial charge < -0.3 is 24.2 Å². The first-order chi connectivity index (χ1) is 16.7. The number of nitrogens with zero attached hydrogens (tertiary/aromatic N) is 2. The summed E-state index contributed by atoms with van der Waals surface area (Å²) in [6, 6.07) is 11.8. The Hall–Kier alpha value is -3.41. The van der Waals surface area contributed by atoms with E-state index in [-0.39, 0.29) is 19.0 Å². The summed E-state index contributed by atoms with van der Waals surface area (Å²) in [6.45, 7) is 4.54. The molecule has 10 nitrogen and oxygen atoms in total. The Morgan fingerprint density at radius 2 is 1.80 bits per heavy atom. The second-order valence-corrected chi connectivity index (χ2v) is 9.93. The average Bonchev–Trinajstić information content (AvgIpc) is 3.45. The van der Waals surface area contributed by atoms with Crippen LogP contribution in [-0.4, -0.2) is 54.7 Å². The van der Waals surface area contributed by atoms with Crippen molar-refractivity contribution in [2.24, 2.45) is 0 Å². The lowest BCUT2D eigenvalue weighted by molar-refractivity contribution is 0.355. The fourth-order valence-electron chi connectivity index (χ4n) is 4.00. The summed E-state index contributed by atoms with van der Waals surface area (Å²) >= 11 is 0. The molecule has 2 aromatic carbocycles. The molecule has 0 aliphatic heterocycles. The maximum absolute atomic E-state index is 10.8. The van der Waals surface area contributed by atoms with Crippen molar-refractivity contribution in [3.8, 4) is 34.2 Å². The van der Waals surface area contributed by atoms with Crippen molar-refractivity contribution in [2.45, 2.75) is 26.3 Å². The quantitative estimate of drug-likeness (QED) is 0.218. The molecule has 0 saturated heterocycles. The molecule has 35 heavy (non-hydrogen) atoms. The van der Waals surface area contributed by atoms with Crippen LogP contribution in [0.3, 0.4) is 0 Å². The molecule has 0 fully saturated rings. The van der Waals surface area contributed by atoms with Gasteiger partial charge in [0.2, 0.25) is 11.8 Å². The van der Waals surface area contributed by atoms with Crippen LogP contribution in [0, 0.1) is 0 Å². The number of nitrogens with one attached hydrogen (secondary N) is 2. The highest BCUT2D eigenvalue weighted by atomic mass is 32.2. The average molecular weight is 501 g/mol. The van der Waals surface area contributed by atoms with Crippen LogP contribution in [0.4, 0.5) is 0 Å². The molecule has 2 aromatic heterocycles. The zero-order valence-electron chi connectivity index (χ0n) is 20.0. The van der Waals surface area contributed by atoms with Gasteiger partial charge in [0.05, 0.1) is 32.2 Å². The van der Waals surface area contributed by atoms with Crippen LogP contribution in [0.25, 0.3) is 33.6 Å². The predicted octanol–water partition coefficient (Wildman–Crippen LogP) is 4.00. The Balaban J connectivity index is 1.65. The van der Waals surface area contributed by atoms with Crippen LogP contribution in [0.1, 0.15) is 31.2 Å². The Labute approximate surface area is 203 Å². The van der Waals surface area contributed by atoms with E-state index in [1.54, 1.807) is 14.2 Å². The Bertz CT molecular complexity index is 1440. The van der Waals surface area contributed by atoms with E-state index < -0.39 is 15.9 Å². The number of hydrogen-bond acceptors (Lipinski definition) is 8. The number of rotatable bonds is 10. The number of benzene rings is 2. The molecule has 4 rings (SSSR count). The standard InChI is InChI=1S/C24H28N4O6S/c1-14(2)22-17-11-16(24-28-27-21(34-24)13-25-9-10-35(29,30)31)5-7-18(17)26-23(22)15-6-8-19(32-3)20(12-15)33-4/h5-8,11-12,14,25-26H,9-10,13H2,1-4H3,(H,29,30,31). The minimum Gasteiger partial charge on any atom is -0.493 e. The van der Waals surface area contributed by atoms with E-state index in [0.29, 0.717) is 23.3 Å². The van der Waals surface area contributed by atoms with E-state index >= 15 is 0 Å². The maximum Gasteiger partial charge on any atom is 0.266 e. The minimum atomic E-state index is -4.02. The molecule has 0 saturated carbocycles. The van der Waals surface area contributed by atoms with E-state index in [1.807, 2.05) is 36.4 Å². The molecule has 0 amide bonds. The van der Waals surface area contributed by atoms with Crippen molar-refractivity contribution in [1.29, 1.82) is 0 Å². The number of H-pyrrole nitrogens is 1. The second-order valence-electron chi connectivity index (χ2n) is 8.36. The van der Waals surface area contributed by atoms with Crippen molar-refractivity contribution in [2.75, 3.05) is 26.5 Å². The van der Waals surface area contributed by atoms with Gasteiger partial charge in [-0.2, -0.15) is 8.42 Å². The van der Waals surface area contributed by atoms with Gasteiger partial charge in [-0.3, -0.25) is 4.55 Å². The van der Waals surface area contributed by atoms with Gasteiger partial charge in [0.1, 0.15) is 0 Å². The van der Waals surface area contributed by atoms with Gasteiger partial charge in [-0.1, -0.05) is 13.8 Å². The van der Waals surface area contributed by atoms with Gasteiger partial charge in [0.25, 0.3) is 10.1 Å². The largest absolute Gasteiger partial charge is 0.493 e. The van der Waals surface area contributed by atoms with E-state index in [0.717, 1.165) is 33.3 Å². The van der Waals surface area contributed by atoms with Crippen LogP contribution in [0.15, 0.2) is 40.8 Å². The summed E-state index contributed by atoms with van der Waals surface area (Å²) in [7, 11) is -0.792. The highest BCUT2D eigenvalue weighted by molar-refractivity contribution is 7.85. The van der Waals surface area contributed by atoms with Gasteiger partial charge in [0.15, 0.2) is 11.5 Å². The molecule has 11 heteroatoms. The Kier molecular flexibility index (Phi) is 7.10. The number of aromatic amines is 1. The first-order valence-corrected chi connectivity index (χ1v) is 12.7. The molecule has 0 unspecified atom stereocenters. The van der Waals surface area contributed by atoms with Gasteiger partial charge >= 0.3 is 0 Å². The van der Waals surface area contributed by atoms with Gasteiger partial charge in [-0.05, 0) is 47.9 Å². The smallest absolute Gasteiger partial charge is 0.266 e. The van der Waals surface area contributed by atoms with Gasteiger partial charge in [-0.25, -0.2) is 0 Å². The zero-order chi connectivity index (χ0) is 25.2. The summed E-state index contributed by atoms with van der Waals surface area (Å²) in [6.07, 6.45) is 0. The minimum absolute atomic E-state index is 0.0720. The molecule has 186 valence electrons. The first-order valence-electron chi connectivity index (χ1n) is 11.1. The lowest BCUT2D eigenvalue weighted by Crippen LogP contribution is -2.22. The number of ether oxygens (including phenoxy) is 2. The summed E-state index contributed by atoms with van der Waals surface area (Å²) in [5.41, 5.74) is 4.89. The van der Waals surface area contributed by atoms with E-state index in [9.17, 15) is 8.42 Å². The molecule has 0 atom stereocenters. The van der Waals surface area contributed by atoms with Crippen LogP contribution in [-0.2, 0) is 16.7 Å². The van der Waals surface area contributed by atoms with Crippen LogP contribution in [0.2, 0.25) is 0 Å². The third kappa shape index (κ3) is 5.47. The topological polar surface area (TPSA) is 140 Å². The second kappa shape index (κ2) is 10.1. The van der Waals surface area contributed by atoms with Crippen molar-refractivity contribution >= 4 is 21.0 Å². The van der Waals surface area contributed by atoms with Crippen LogP contribution >= 0.6 is 0 Å². The lowest BCUT2D eigenvalue weighted by Gasteiger charge is -2.12. The molecular weight excluding hydrogens is 472 g/mol. The Morgan fingerprint density at radius 1 is 1.06 bits per heavy atom. The maximum atomic E-state index is 10.8. The van der Waals surface area contributed by atoms with Crippen LogP contribution < -0.4 is 14.8 Å². The SMILES string of the molecule is COc1ccc(-c2[nH]c3ccc(-c4nnc(CNCCS(=O)(=O)O)o4)cc3c2C(C)C)cc1OC.